The van der Waals surface area contributed by atoms with Gasteiger partial charge in [0, 0.05) is 37.6 Å². The Labute approximate surface area is 148 Å². The third kappa shape index (κ3) is 4.87. The SMILES string of the molecule is O=C(CN1CCC(O)(c2cccnc2)CC1)NCCc1ccccc1. The second-order valence-electron chi connectivity index (χ2n) is 6.63. The summed E-state index contributed by atoms with van der Waals surface area (Å²) in [4.78, 5) is 18.3. The highest BCUT2D eigenvalue weighted by molar-refractivity contribution is 5.78. The molecule has 0 saturated carbocycles. The molecule has 1 aromatic heterocycles. The maximum absolute atomic E-state index is 12.1. The molecule has 0 bridgehead atoms. The molecule has 0 unspecified atom stereocenters. The van der Waals surface area contributed by atoms with E-state index in [4.69, 9.17) is 0 Å². The fourth-order valence-electron chi connectivity index (χ4n) is 3.26. The summed E-state index contributed by atoms with van der Waals surface area (Å²) in [6.45, 7) is 2.45. The molecule has 0 atom stereocenters. The Hall–Kier alpha value is -2.24. The molecule has 1 fully saturated rings. The number of carbonyl (C=O) groups excluding carboxylic acids is 1. The van der Waals surface area contributed by atoms with Crippen LogP contribution in [0.5, 0.6) is 0 Å². The van der Waals surface area contributed by atoms with E-state index in [0.717, 1.165) is 12.0 Å². The van der Waals surface area contributed by atoms with Gasteiger partial charge in [0.1, 0.15) is 0 Å². The molecule has 0 radical (unpaired) electrons. The smallest absolute Gasteiger partial charge is 0.234 e. The standard InChI is InChI=1S/C20H25N3O2/c24-19(22-12-8-17-5-2-1-3-6-17)16-23-13-9-20(25,10-14-23)18-7-4-11-21-15-18/h1-7,11,15,25H,8-10,12-14,16H2,(H,22,24). The van der Waals surface area contributed by atoms with Crippen LogP contribution in [0.3, 0.4) is 0 Å². The summed E-state index contributed by atoms with van der Waals surface area (Å²) in [6.07, 6.45) is 5.52. The van der Waals surface area contributed by atoms with Crippen molar-refractivity contribution < 1.29 is 9.90 Å². The Balaban J connectivity index is 1.40. The topological polar surface area (TPSA) is 65.5 Å². The molecule has 0 spiro atoms. The lowest BCUT2D eigenvalue weighted by Gasteiger charge is -2.38. The van der Waals surface area contributed by atoms with Crippen LogP contribution in [0, 0.1) is 0 Å². The number of nitrogens with one attached hydrogen (secondary N) is 1. The second kappa shape index (κ2) is 8.23. The zero-order valence-corrected chi connectivity index (χ0v) is 14.4. The number of piperidine rings is 1. The molecule has 2 N–H and O–H groups in total. The number of pyridine rings is 1. The van der Waals surface area contributed by atoms with Gasteiger partial charge in [0.15, 0.2) is 0 Å². The van der Waals surface area contributed by atoms with Gasteiger partial charge in [-0.2, -0.15) is 0 Å². The molecule has 1 aliphatic rings. The highest BCUT2D eigenvalue weighted by atomic mass is 16.3. The zero-order valence-electron chi connectivity index (χ0n) is 14.4. The third-order valence-electron chi connectivity index (χ3n) is 4.83. The van der Waals surface area contributed by atoms with Crippen molar-refractivity contribution in [3.8, 4) is 0 Å². The average Bonchev–Trinajstić information content (AvgIpc) is 2.65. The molecule has 25 heavy (non-hydrogen) atoms. The van der Waals surface area contributed by atoms with Crippen molar-refractivity contribution in [1.82, 2.24) is 15.2 Å². The molecule has 0 aliphatic carbocycles. The number of aliphatic hydroxyl groups is 1. The largest absolute Gasteiger partial charge is 0.385 e. The number of carbonyl (C=O) groups is 1. The summed E-state index contributed by atoms with van der Waals surface area (Å²) >= 11 is 0. The summed E-state index contributed by atoms with van der Waals surface area (Å²) in [5.41, 5.74) is 1.26. The first kappa shape index (κ1) is 17.6. The fourth-order valence-corrected chi connectivity index (χ4v) is 3.26. The quantitative estimate of drug-likeness (QED) is 0.841. The predicted molar refractivity (Wildman–Crippen MR) is 97.0 cm³/mol. The van der Waals surface area contributed by atoms with Crippen LogP contribution in [0.4, 0.5) is 0 Å². The number of rotatable bonds is 6. The summed E-state index contributed by atoms with van der Waals surface area (Å²) in [5, 5.41) is 13.8. The van der Waals surface area contributed by atoms with Gasteiger partial charge in [0.25, 0.3) is 0 Å². The van der Waals surface area contributed by atoms with Gasteiger partial charge < -0.3 is 10.4 Å². The Morgan fingerprint density at radius 3 is 2.60 bits per heavy atom. The maximum Gasteiger partial charge on any atom is 0.234 e. The Bertz CT molecular complexity index is 668. The Kier molecular flexibility index (Phi) is 5.79. The maximum atomic E-state index is 12.1. The molecule has 2 aromatic rings. The molecule has 1 aromatic carbocycles. The number of benzene rings is 1. The minimum absolute atomic E-state index is 0.0442. The van der Waals surface area contributed by atoms with E-state index < -0.39 is 5.60 Å². The zero-order chi connectivity index (χ0) is 17.5. The van der Waals surface area contributed by atoms with Gasteiger partial charge in [-0.05, 0) is 30.9 Å². The number of hydrogen-bond donors (Lipinski definition) is 2. The fraction of sp³-hybridized carbons (Fsp3) is 0.400. The van der Waals surface area contributed by atoms with Crippen LogP contribution in [0.25, 0.3) is 0 Å². The van der Waals surface area contributed by atoms with E-state index in [9.17, 15) is 9.90 Å². The van der Waals surface area contributed by atoms with Crippen LogP contribution in [-0.2, 0) is 16.8 Å². The van der Waals surface area contributed by atoms with E-state index in [1.165, 1.54) is 5.56 Å². The normalized spacial score (nSPS) is 17.2. The van der Waals surface area contributed by atoms with E-state index in [1.807, 2.05) is 30.3 Å². The van der Waals surface area contributed by atoms with Crippen molar-refractivity contribution >= 4 is 5.91 Å². The second-order valence-corrected chi connectivity index (χ2v) is 6.63. The van der Waals surface area contributed by atoms with Gasteiger partial charge in [-0.1, -0.05) is 36.4 Å². The summed E-state index contributed by atoms with van der Waals surface area (Å²) in [5.74, 6) is 0.0442. The lowest BCUT2D eigenvalue weighted by atomic mass is 9.85. The molecule has 1 aliphatic heterocycles. The molecule has 5 heteroatoms. The Morgan fingerprint density at radius 2 is 1.92 bits per heavy atom. The van der Waals surface area contributed by atoms with Crippen LogP contribution >= 0.6 is 0 Å². The summed E-state index contributed by atoms with van der Waals surface area (Å²) < 4.78 is 0. The molecule has 5 nitrogen and oxygen atoms in total. The molecule has 1 amide bonds. The first-order chi connectivity index (χ1) is 12.2. The van der Waals surface area contributed by atoms with E-state index in [0.29, 0.717) is 39.0 Å². The van der Waals surface area contributed by atoms with Gasteiger partial charge in [0.2, 0.25) is 5.91 Å². The highest BCUT2D eigenvalue weighted by Gasteiger charge is 2.34. The van der Waals surface area contributed by atoms with Crippen molar-refractivity contribution in [3.63, 3.8) is 0 Å². The molecule has 1 saturated heterocycles. The van der Waals surface area contributed by atoms with Crippen LogP contribution in [-0.4, -0.2) is 47.1 Å². The number of likely N-dealkylation sites (tertiary alicyclic amines) is 1. The molecule has 3 rings (SSSR count). The van der Waals surface area contributed by atoms with Gasteiger partial charge in [0.05, 0.1) is 12.1 Å². The highest BCUT2D eigenvalue weighted by Crippen LogP contribution is 2.31. The van der Waals surface area contributed by atoms with Crippen LogP contribution in [0.2, 0.25) is 0 Å². The summed E-state index contributed by atoms with van der Waals surface area (Å²) in [7, 11) is 0. The van der Waals surface area contributed by atoms with E-state index >= 15 is 0 Å². The van der Waals surface area contributed by atoms with Gasteiger partial charge in [-0.15, -0.1) is 0 Å². The molecular weight excluding hydrogens is 314 g/mol. The summed E-state index contributed by atoms with van der Waals surface area (Å²) in [6, 6.07) is 13.9. The van der Waals surface area contributed by atoms with Gasteiger partial charge in [-0.3, -0.25) is 14.7 Å². The lowest BCUT2D eigenvalue weighted by Crippen LogP contribution is -2.46. The van der Waals surface area contributed by atoms with Crippen molar-refractivity contribution in [3.05, 3.63) is 66.0 Å². The van der Waals surface area contributed by atoms with Gasteiger partial charge >= 0.3 is 0 Å². The number of hydrogen-bond acceptors (Lipinski definition) is 4. The average molecular weight is 339 g/mol. The van der Waals surface area contributed by atoms with Crippen molar-refractivity contribution in [2.75, 3.05) is 26.2 Å². The third-order valence-corrected chi connectivity index (χ3v) is 4.83. The minimum Gasteiger partial charge on any atom is -0.385 e. The van der Waals surface area contributed by atoms with Gasteiger partial charge in [-0.25, -0.2) is 0 Å². The predicted octanol–water partition coefficient (Wildman–Crippen LogP) is 1.72. The van der Waals surface area contributed by atoms with E-state index in [1.54, 1.807) is 12.4 Å². The molecule has 2 heterocycles. The van der Waals surface area contributed by atoms with E-state index in [2.05, 4.69) is 27.3 Å². The monoisotopic (exact) mass is 339 g/mol. The lowest BCUT2D eigenvalue weighted by molar-refractivity contribution is -0.123. The van der Waals surface area contributed by atoms with Crippen molar-refractivity contribution in [2.45, 2.75) is 24.9 Å². The number of amides is 1. The minimum atomic E-state index is -0.825. The van der Waals surface area contributed by atoms with Crippen LogP contribution in [0.15, 0.2) is 54.9 Å². The molecule has 132 valence electrons. The number of aromatic nitrogens is 1. The first-order valence-electron chi connectivity index (χ1n) is 8.82. The number of nitrogens with zero attached hydrogens (tertiary/aromatic N) is 2. The first-order valence-corrected chi connectivity index (χ1v) is 8.82. The van der Waals surface area contributed by atoms with Crippen LogP contribution < -0.4 is 5.32 Å². The van der Waals surface area contributed by atoms with Crippen LogP contribution in [0.1, 0.15) is 24.0 Å². The van der Waals surface area contributed by atoms with Crippen molar-refractivity contribution in [2.24, 2.45) is 0 Å². The Morgan fingerprint density at radius 1 is 1.16 bits per heavy atom. The van der Waals surface area contributed by atoms with E-state index in [-0.39, 0.29) is 5.91 Å². The van der Waals surface area contributed by atoms with Crippen molar-refractivity contribution in [1.29, 1.82) is 0 Å². The molecular formula is C20H25N3O2.